The number of hydrogen-bond acceptors (Lipinski definition) is 5. The highest BCUT2D eigenvalue weighted by atomic mass is 16.6. The molecule has 104 valence electrons. The Morgan fingerprint density at radius 2 is 2.32 bits per heavy atom. The van der Waals surface area contributed by atoms with E-state index in [-0.39, 0.29) is 17.8 Å². The highest BCUT2D eigenvalue weighted by Gasteiger charge is 2.22. The maximum absolute atomic E-state index is 11.1. The van der Waals surface area contributed by atoms with E-state index in [0.717, 1.165) is 12.8 Å². The van der Waals surface area contributed by atoms with Gasteiger partial charge in [-0.2, -0.15) is 0 Å². The number of benzene rings is 1. The Labute approximate surface area is 111 Å². The molecular weight excluding hydrogens is 248 g/mol. The number of nitro benzene ring substituents is 1. The molecular formula is C13H18N2O4. The lowest BCUT2D eigenvalue weighted by molar-refractivity contribution is -0.384. The van der Waals surface area contributed by atoms with Crippen LogP contribution in [0.5, 0.6) is 5.75 Å². The largest absolute Gasteiger partial charge is 0.496 e. The molecule has 6 heteroatoms. The molecule has 0 spiro atoms. The third kappa shape index (κ3) is 3.35. The summed E-state index contributed by atoms with van der Waals surface area (Å²) in [5.41, 5.74) is 0.573. The second-order valence-electron chi connectivity index (χ2n) is 4.69. The molecule has 1 heterocycles. The molecule has 1 aliphatic rings. The van der Waals surface area contributed by atoms with Crippen molar-refractivity contribution in [2.45, 2.75) is 31.9 Å². The zero-order chi connectivity index (χ0) is 13.8. The van der Waals surface area contributed by atoms with Crippen molar-refractivity contribution in [3.05, 3.63) is 28.3 Å². The van der Waals surface area contributed by atoms with E-state index in [0.29, 0.717) is 18.0 Å². The van der Waals surface area contributed by atoms with Crippen LogP contribution >= 0.6 is 0 Å². The van der Waals surface area contributed by atoms with Crippen molar-refractivity contribution in [1.29, 1.82) is 0 Å². The predicted molar refractivity (Wildman–Crippen MR) is 71.7 cm³/mol. The quantitative estimate of drug-likeness (QED) is 0.669. The molecule has 2 rings (SSSR count). The van der Waals surface area contributed by atoms with Crippen LogP contribution in [0.2, 0.25) is 0 Å². The minimum absolute atomic E-state index is 0.0403. The number of nitrogens with one attached hydrogen (secondary N) is 1. The first-order valence-corrected chi connectivity index (χ1v) is 6.30. The van der Waals surface area contributed by atoms with E-state index in [9.17, 15) is 10.1 Å². The lowest BCUT2D eigenvalue weighted by atomic mass is 10.0. The summed E-state index contributed by atoms with van der Waals surface area (Å²) < 4.78 is 10.5. The molecule has 0 amide bonds. The Balaban J connectivity index is 2.16. The Morgan fingerprint density at radius 3 is 2.95 bits per heavy atom. The zero-order valence-corrected chi connectivity index (χ0v) is 11.1. The molecule has 0 radical (unpaired) electrons. The zero-order valence-electron chi connectivity index (χ0n) is 11.1. The van der Waals surface area contributed by atoms with E-state index in [2.05, 4.69) is 5.32 Å². The smallest absolute Gasteiger partial charge is 0.296 e. The highest BCUT2D eigenvalue weighted by molar-refractivity contribution is 5.64. The van der Waals surface area contributed by atoms with Gasteiger partial charge in [0.1, 0.15) is 11.4 Å². The van der Waals surface area contributed by atoms with Gasteiger partial charge in [-0.15, -0.1) is 0 Å². The van der Waals surface area contributed by atoms with Gasteiger partial charge in [0.15, 0.2) is 0 Å². The van der Waals surface area contributed by atoms with Crippen molar-refractivity contribution in [2.24, 2.45) is 0 Å². The summed E-state index contributed by atoms with van der Waals surface area (Å²) in [5, 5.41) is 14.3. The Morgan fingerprint density at radius 1 is 1.53 bits per heavy atom. The standard InChI is InChI=1S/C13H18N2O4/c1-9-7-10(5-6-19-9)14-12-4-3-11(18-2)8-13(12)15(16)17/h3-4,8-10,14H,5-7H2,1-2H3. The Bertz CT molecular complexity index is 464. The van der Waals surface area contributed by atoms with E-state index in [1.807, 2.05) is 6.92 Å². The molecule has 6 nitrogen and oxygen atoms in total. The fourth-order valence-corrected chi connectivity index (χ4v) is 2.26. The summed E-state index contributed by atoms with van der Waals surface area (Å²) in [6.07, 6.45) is 1.89. The highest BCUT2D eigenvalue weighted by Crippen LogP contribution is 2.30. The van der Waals surface area contributed by atoms with Crippen LogP contribution in [0.1, 0.15) is 19.8 Å². The molecule has 2 atom stereocenters. The fraction of sp³-hybridized carbons (Fsp3) is 0.538. The number of nitro groups is 1. The first-order chi connectivity index (χ1) is 9.10. The van der Waals surface area contributed by atoms with E-state index >= 15 is 0 Å². The molecule has 1 fully saturated rings. The molecule has 1 aromatic rings. The maximum Gasteiger partial charge on any atom is 0.296 e. The van der Waals surface area contributed by atoms with Crippen LogP contribution in [0.15, 0.2) is 18.2 Å². The number of rotatable bonds is 4. The normalized spacial score (nSPS) is 22.8. The monoisotopic (exact) mass is 266 g/mol. The van der Waals surface area contributed by atoms with Crippen molar-refractivity contribution in [1.82, 2.24) is 0 Å². The lowest BCUT2D eigenvalue weighted by Crippen LogP contribution is -2.32. The van der Waals surface area contributed by atoms with Crippen LogP contribution in [0.25, 0.3) is 0 Å². The van der Waals surface area contributed by atoms with Crippen molar-refractivity contribution in [2.75, 3.05) is 19.0 Å². The van der Waals surface area contributed by atoms with Crippen LogP contribution in [-0.2, 0) is 4.74 Å². The van der Waals surface area contributed by atoms with Gasteiger partial charge in [-0.1, -0.05) is 0 Å². The molecule has 1 aromatic carbocycles. The van der Waals surface area contributed by atoms with Crippen LogP contribution in [0.4, 0.5) is 11.4 Å². The number of anilines is 1. The van der Waals surface area contributed by atoms with Crippen molar-refractivity contribution < 1.29 is 14.4 Å². The molecule has 0 aliphatic carbocycles. The van der Waals surface area contributed by atoms with Gasteiger partial charge in [-0.3, -0.25) is 10.1 Å². The van der Waals surface area contributed by atoms with E-state index < -0.39 is 4.92 Å². The fourth-order valence-electron chi connectivity index (χ4n) is 2.26. The SMILES string of the molecule is COc1ccc(NC2CCOC(C)C2)c([N+](=O)[O-])c1. The minimum atomic E-state index is -0.395. The summed E-state index contributed by atoms with van der Waals surface area (Å²) in [5.74, 6) is 0.484. The molecule has 0 bridgehead atoms. The predicted octanol–water partition coefficient (Wildman–Crippen LogP) is 2.58. The minimum Gasteiger partial charge on any atom is -0.496 e. The van der Waals surface area contributed by atoms with Crippen LogP contribution in [0, 0.1) is 10.1 Å². The molecule has 19 heavy (non-hydrogen) atoms. The topological polar surface area (TPSA) is 73.6 Å². The van der Waals surface area contributed by atoms with E-state index in [1.165, 1.54) is 13.2 Å². The van der Waals surface area contributed by atoms with Crippen LogP contribution in [-0.4, -0.2) is 30.8 Å². The first kappa shape index (κ1) is 13.6. The third-order valence-corrected chi connectivity index (χ3v) is 3.25. The Hall–Kier alpha value is -1.82. The summed E-state index contributed by atoms with van der Waals surface area (Å²) >= 11 is 0. The summed E-state index contributed by atoms with van der Waals surface area (Å²) in [6, 6.07) is 5.05. The van der Waals surface area contributed by atoms with Gasteiger partial charge in [0.05, 0.1) is 24.2 Å². The molecule has 2 unspecified atom stereocenters. The van der Waals surface area contributed by atoms with Gasteiger partial charge < -0.3 is 14.8 Å². The molecule has 1 N–H and O–H groups in total. The van der Waals surface area contributed by atoms with E-state index in [4.69, 9.17) is 9.47 Å². The lowest BCUT2D eigenvalue weighted by Gasteiger charge is -2.28. The van der Waals surface area contributed by atoms with E-state index in [1.54, 1.807) is 12.1 Å². The number of methoxy groups -OCH3 is 1. The van der Waals surface area contributed by atoms with Gasteiger partial charge in [-0.05, 0) is 31.9 Å². The number of ether oxygens (including phenoxy) is 2. The first-order valence-electron chi connectivity index (χ1n) is 6.30. The maximum atomic E-state index is 11.1. The van der Waals surface area contributed by atoms with Crippen molar-refractivity contribution in [3.8, 4) is 5.75 Å². The Kier molecular flexibility index (Phi) is 4.21. The van der Waals surface area contributed by atoms with Gasteiger partial charge in [-0.25, -0.2) is 0 Å². The molecule has 0 saturated carbocycles. The van der Waals surface area contributed by atoms with Gasteiger partial charge in [0.2, 0.25) is 0 Å². The molecule has 1 saturated heterocycles. The summed E-state index contributed by atoms with van der Waals surface area (Å²) in [7, 11) is 1.49. The van der Waals surface area contributed by atoms with Crippen molar-refractivity contribution in [3.63, 3.8) is 0 Å². The summed E-state index contributed by atoms with van der Waals surface area (Å²) in [4.78, 5) is 10.7. The van der Waals surface area contributed by atoms with Gasteiger partial charge >= 0.3 is 0 Å². The summed E-state index contributed by atoms with van der Waals surface area (Å²) in [6.45, 7) is 2.69. The van der Waals surface area contributed by atoms with Crippen LogP contribution < -0.4 is 10.1 Å². The third-order valence-electron chi connectivity index (χ3n) is 3.25. The average molecular weight is 266 g/mol. The van der Waals surface area contributed by atoms with Gasteiger partial charge in [0, 0.05) is 12.6 Å². The second kappa shape index (κ2) is 5.88. The van der Waals surface area contributed by atoms with Crippen molar-refractivity contribution >= 4 is 11.4 Å². The van der Waals surface area contributed by atoms with Crippen LogP contribution in [0.3, 0.4) is 0 Å². The number of hydrogen-bond donors (Lipinski definition) is 1. The molecule has 0 aromatic heterocycles. The molecule has 1 aliphatic heterocycles. The average Bonchev–Trinajstić information content (AvgIpc) is 2.39. The van der Waals surface area contributed by atoms with Gasteiger partial charge in [0.25, 0.3) is 5.69 Å². The second-order valence-corrected chi connectivity index (χ2v) is 4.69. The number of nitrogens with zero attached hydrogens (tertiary/aromatic N) is 1.